The third-order valence-corrected chi connectivity index (χ3v) is 3.80. The number of carbonyl (C=O) groups excluding carboxylic acids is 1. The molecule has 4 heteroatoms. The highest BCUT2D eigenvalue weighted by Gasteiger charge is 2.16. The first-order valence-electron chi connectivity index (χ1n) is 8.10. The summed E-state index contributed by atoms with van der Waals surface area (Å²) in [5.41, 5.74) is 1.08. The van der Waals surface area contributed by atoms with Crippen molar-refractivity contribution in [2.24, 2.45) is 0 Å². The maximum absolute atomic E-state index is 12.2. The van der Waals surface area contributed by atoms with Crippen molar-refractivity contribution in [2.45, 2.75) is 32.9 Å². The van der Waals surface area contributed by atoms with E-state index in [9.17, 15) is 4.79 Å². The molecule has 0 fully saturated rings. The van der Waals surface area contributed by atoms with Crippen molar-refractivity contribution in [1.29, 1.82) is 0 Å². The van der Waals surface area contributed by atoms with Gasteiger partial charge in [0.25, 0.3) is 0 Å². The molecule has 0 aliphatic rings. The van der Waals surface area contributed by atoms with E-state index in [1.54, 1.807) is 6.92 Å². The lowest BCUT2D eigenvalue weighted by Crippen LogP contribution is -2.36. The van der Waals surface area contributed by atoms with Gasteiger partial charge in [-0.15, -0.1) is 0 Å². The molecule has 0 spiro atoms. The number of rotatable bonds is 8. The van der Waals surface area contributed by atoms with E-state index in [0.29, 0.717) is 19.8 Å². The zero-order chi connectivity index (χ0) is 16.7. The highest BCUT2D eigenvalue weighted by atomic mass is 16.5. The van der Waals surface area contributed by atoms with Crippen LogP contribution in [0.25, 0.3) is 10.8 Å². The largest absolute Gasteiger partial charge is 0.379 e. The molecular weight excluding hydrogens is 290 g/mol. The maximum Gasteiger partial charge on any atom is 0.249 e. The van der Waals surface area contributed by atoms with Crippen molar-refractivity contribution in [1.82, 2.24) is 5.32 Å². The van der Waals surface area contributed by atoms with E-state index in [4.69, 9.17) is 9.47 Å². The van der Waals surface area contributed by atoms with E-state index >= 15 is 0 Å². The summed E-state index contributed by atoms with van der Waals surface area (Å²) in [5.74, 6) is -0.109. The number of carbonyl (C=O) groups is 1. The van der Waals surface area contributed by atoms with E-state index in [1.807, 2.05) is 32.0 Å². The van der Waals surface area contributed by atoms with Crippen molar-refractivity contribution in [2.75, 3.05) is 19.8 Å². The molecule has 0 aromatic heterocycles. The van der Waals surface area contributed by atoms with E-state index < -0.39 is 6.10 Å². The molecule has 1 amide bonds. The summed E-state index contributed by atoms with van der Waals surface area (Å²) >= 11 is 0. The standard InChI is InChI=1S/C19H25NO3/c1-4-22-11-12-23-15(3)19(21)20-14(2)17-10-9-16-7-5-6-8-18(16)13-17/h5-10,13-15H,4,11-12H2,1-3H3,(H,20,21). The fraction of sp³-hybridized carbons (Fsp3) is 0.421. The Bertz CT molecular complexity index is 641. The van der Waals surface area contributed by atoms with Gasteiger partial charge < -0.3 is 14.8 Å². The highest BCUT2D eigenvalue weighted by Crippen LogP contribution is 2.20. The Morgan fingerprint density at radius 1 is 1.09 bits per heavy atom. The van der Waals surface area contributed by atoms with Gasteiger partial charge in [-0.2, -0.15) is 0 Å². The molecule has 0 saturated heterocycles. The first-order valence-corrected chi connectivity index (χ1v) is 8.10. The zero-order valence-electron chi connectivity index (χ0n) is 14.0. The van der Waals surface area contributed by atoms with Crippen LogP contribution in [-0.2, 0) is 14.3 Å². The quantitative estimate of drug-likeness (QED) is 0.759. The summed E-state index contributed by atoms with van der Waals surface area (Å²) in [5, 5.41) is 5.37. The van der Waals surface area contributed by atoms with Gasteiger partial charge in [0.1, 0.15) is 6.10 Å². The molecule has 2 unspecified atom stereocenters. The molecule has 23 heavy (non-hydrogen) atoms. The van der Waals surface area contributed by atoms with E-state index in [1.165, 1.54) is 10.8 Å². The van der Waals surface area contributed by atoms with Crippen molar-refractivity contribution >= 4 is 16.7 Å². The van der Waals surface area contributed by atoms with Gasteiger partial charge in [0.15, 0.2) is 0 Å². The second-order valence-electron chi connectivity index (χ2n) is 5.55. The van der Waals surface area contributed by atoms with Crippen LogP contribution in [0.15, 0.2) is 42.5 Å². The minimum Gasteiger partial charge on any atom is -0.379 e. The molecular formula is C19H25NO3. The summed E-state index contributed by atoms with van der Waals surface area (Å²) in [6.45, 7) is 7.26. The molecule has 0 radical (unpaired) electrons. The van der Waals surface area contributed by atoms with Crippen molar-refractivity contribution in [3.63, 3.8) is 0 Å². The van der Waals surface area contributed by atoms with Crippen LogP contribution >= 0.6 is 0 Å². The zero-order valence-corrected chi connectivity index (χ0v) is 14.0. The molecule has 2 aromatic carbocycles. The number of fused-ring (bicyclic) bond motifs is 1. The van der Waals surface area contributed by atoms with Gasteiger partial charge >= 0.3 is 0 Å². The summed E-state index contributed by atoms with van der Waals surface area (Å²) in [6.07, 6.45) is -0.488. The first kappa shape index (κ1) is 17.4. The van der Waals surface area contributed by atoms with Crippen LogP contribution < -0.4 is 5.32 Å². The monoisotopic (exact) mass is 315 g/mol. The molecule has 0 bridgehead atoms. The van der Waals surface area contributed by atoms with Crippen LogP contribution in [0.2, 0.25) is 0 Å². The lowest BCUT2D eigenvalue weighted by atomic mass is 10.0. The average Bonchev–Trinajstić information content (AvgIpc) is 2.58. The van der Waals surface area contributed by atoms with Crippen molar-refractivity contribution < 1.29 is 14.3 Å². The molecule has 124 valence electrons. The average molecular weight is 315 g/mol. The number of ether oxygens (including phenoxy) is 2. The molecule has 2 aromatic rings. The van der Waals surface area contributed by atoms with Crippen molar-refractivity contribution in [3.8, 4) is 0 Å². The van der Waals surface area contributed by atoms with E-state index in [0.717, 1.165) is 5.56 Å². The molecule has 0 aliphatic heterocycles. The summed E-state index contributed by atoms with van der Waals surface area (Å²) < 4.78 is 10.7. The van der Waals surface area contributed by atoms with Crippen LogP contribution in [0.4, 0.5) is 0 Å². The van der Waals surface area contributed by atoms with Crippen LogP contribution in [0.5, 0.6) is 0 Å². The Morgan fingerprint density at radius 3 is 2.57 bits per heavy atom. The highest BCUT2D eigenvalue weighted by molar-refractivity contribution is 5.84. The maximum atomic E-state index is 12.2. The smallest absolute Gasteiger partial charge is 0.249 e. The fourth-order valence-electron chi connectivity index (χ4n) is 2.40. The third kappa shape index (κ3) is 5.05. The van der Waals surface area contributed by atoms with Crippen LogP contribution in [0.1, 0.15) is 32.4 Å². The van der Waals surface area contributed by atoms with Gasteiger partial charge in [-0.1, -0.05) is 36.4 Å². The number of hydrogen-bond donors (Lipinski definition) is 1. The molecule has 2 rings (SSSR count). The molecule has 0 aliphatic carbocycles. The minimum absolute atomic E-state index is 0.0648. The van der Waals surface area contributed by atoms with Gasteiger partial charge in [-0.25, -0.2) is 0 Å². The molecule has 0 heterocycles. The molecule has 1 N–H and O–H groups in total. The third-order valence-electron chi connectivity index (χ3n) is 3.80. The number of nitrogens with one attached hydrogen (secondary N) is 1. The van der Waals surface area contributed by atoms with Gasteiger partial charge in [0, 0.05) is 6.61 Å². The Hall–Kier alpha value is -1.91. The predicted molar refractivity (Wildman–Crippen MR) is 92.4 cm³/mol. The second-order valence-corrected chi connectivity index (χ2v) is 5.55. The predicted octanol–water partition coefficient (Wildman–Crippen LogP) is 3.46. The lowest BCUT2D eigenvalue weighted by molar-refractivity contribution is -0.133. The van der Waals surface area contributed by atoms with Gasteiger partial charge in [-0.3, -0.25) is 4.79 Å². The number of amides is 1. The Kier molecular flexibility index (Phi) is 6.56. The van der Waals surface area contributed by atoms with Gasteiger partial charge in [-0.05, 0) is 43.2 Å². The van der Waals surface area contributed by atoms with Gasteiger partial charge in [0.2, 0.25) is 5.91 Å². The van der Waals surface area contributed by atoms with E-state index in [-0.39, 0.29) is 11.9 Å². The molecule has 2 atom stereocenters. The number of benzene rings is 2. The van der Waals surface area contributed by atoms with E-state index in [2.05, 4.69) is 29.6 Å². The SMILES string of the molecule is CCOCCOC(C)C(=O)NC(C)c1ccc2ccccc2c1. The van der Waals surface area contributed by atoms with Crippen LogP contribution in [-0.4, -0.2) is 31.8 Å². The Balaban J connectivity index is 1.91. The van der Waals surface area contributed by atoms with Crippen molar-refractivity contribution in [3.05, 3.63) is 48.0 Å². The lowest BCUT2D eigenvalue weighted by Gasteiger charge is -2.18. The summed E-state index contributed by atoms with van der Waals surface area (Å²) in [4.78, 5) is 12.2. The molecule has 0 saturated carbocycles. The fourth-order valence-corrected chi connectivity index (χ4v) is 2.40. The van der Waals surface area contributed by atoms with Crippen LogP contribution in [0, 0.1) is 0 Å². The topological polar surface area (TPSA) is 47.6 Å². The Labute approximate surface area is 137 Å². The van der Waals surface area contributed by atoms with Gasteiger partial charge in [0.05, 0.1) is 19.3 Å². The summed E-state index contributed by atoms with van der Waals surface area (Å²) in [7, 11) is 0. The summed E-state index contributed by atoms with van der Waals surface area (Å²) in [6, 6.07) is 14.4. The minimum atomic E-state index is -0.488. The second kappa shape index (κ2) is 8.65. The number of hydrogen-bond acceptors (Lipinski definition) is 3. The normalized spacial score (nSPS) is 13.7. The Morgan fingerprint density at radius 2 is 1.83 bits per heavy atom. The van der Waals surface area contributed by atoms with Crippen LogP contribution in [0.3, 0.4) is 0 Å². The first-order chi connectivity index (χ1) is 11.1. The molecule has 4 nitrogen and oxygen atoms in total.